The van der Waals surface area contributed by atoms with Crippen LogP contribution in [0.15, 0.2) is 24.3 Å². The van der Waals surface area contributed by atoms with Crippen LogP contribution in [0, 0.1) is 0 Å². The van der Waals surface area contributed by atoms with E-state index in [1.807, 2.05) is 17.0 Å². The highest BCUT2D eigenvalue weighted by Crippen LogP contribution is 2.13. The minimum atomic E-state index is 0.107. The molecule has 1 amide bonds. The van der Waals surface area contributed by atoms with Crippen molar-refractivity contribution in [3.63, 3.8) is 0 Å². The number of piperazine rings is 1. The summed E-state index contributed by atoms with van der Waals surface area (Å²) >= 11 is 5.96. The Hall–Kier alpha value is -1.06. The van der Waals surface area contributed by atoms with Crippen LogP contribution in [0.1, 0.15) is 37.0 Å². The van der Waals surface area contributed by atoms with Crippen molar-refractivity contribution in [1.82, 2.24) is 4.90 Å². The number of rotatable bonds is 4. The molecule has 1 N–H and O–H groups in total. The van der Waals surface area contributed by atoms with Gasteiger partial charge in [-0.3, -0.25) is 4.79 Å². The zero-order chi connectivity index (χ0) is 14.5. The number of benzene rings is 1. The van der Waals surface area contributed by atoms with Crippen LogP contribution in [0.5, 0.6) is 0 Å². The Morgan fingerprint density at radius 3 is 2.50 bits per heavy atom. The summed E-state index contributed by atoms with van der Waals surface area (Å²) in [5.41, 5.74) is 0.698. The molecule has 1 fully saturated rings. The fraction of sp³-hybridized carbons (Fsp3) is 0.562. The normalized spacial score (nSPS) is 16.7. The van der Waals surface area contributed by atoms with Gasteiger partial charge in [0.05, 0.1) is 32.2 Å². The van der Waals surface area contributed by atoms with Gasteiger partial charge in [-0.1, -0.05) is 31.5 Å². The minimum Gasteiger partial charge on any atom is -0.330 e. The van der Waals surface area contributed by atoms with Gasteiger partial charge < -0.3 is 9.80 Å². The highest BCUT2D eigenvalue weighted by atomic mass is 35.5. The van der Waals surface area contributed by atoms with E-state index >= 15 is 0 Å². The molecule has 20 heavy (non-hydrogen) atoms. The molecule has 1 aliphatic rings. The van der Waals surface area contributed by atoms with E-state index in [2.05, 4.69) is 13.8 Å². The van der Waals surface area contributed by atoms with Crippen molar-refractivity contribution < 1.29 is 9.69 Å². The third kappa shape index (κ3) is 3.53. The van der Waals surface area contributed by atoms with Crippen LogP contribution in [0.3, 0.4) is 0 Å². The van der Waals surface area contributed by atoms with Crippen molar-refractivity contribution in [2.75, 3.05) is 26.2 Å². The molecule has 1 aromatic rings. The third-order valence-electron chi connectivity index (χ3n) is 4.33. The van der Waals surface area contributed by atoms with Crippen LogP contribution >= 0.6 is 11.6 Å². The van der Waals surface area contributed by atoms with Crippen molar-refractivity contribution in [3.05, 3.63) is 34.9 Å². The summed E-state index contributed by atoms with van der Waals surface area (Å²) in [7, 11) is 0. The first-order chi connectivity index (χ1) is 9.65. The van der Waals surface area contributed by atoms with E-state index in [1.165, 1.54) is 12.8 Å². The lowest BCUT2D eigenvalue weighted by molar-refractivity contribution is -0.929. The van der Waals surface area contributed by atoms with Crippen LogP contribution in [-0.4, -0.2) is 43.0 Å². The van der Waals surface area contributed by atoms with E-state index in [9.17, 15) is 4.79 Å². The van der Waals surface area contributed by atoms with Crippen LogP contribution in [0.25, 0.3) is 0 Å². The Morgan fingerprint density at radius 1 is 1.30 bits per heavy atom. The summed E-state index contributed by atoms with van der Waals surface area (Å²) in [6.45, 7) is 8.31. The number of amides is 1. The van der Waals surface area contributed by atoms with Crippen molar-refractivity contribution in [2.45, 2.75) is 32.7 Å². The molecule has 1 aromatic carbocycles. The van der Waals surface area contributed by atoms with Crippen molar-refractivity contribution >= 4 is 17.5 Å². The fourth-order valence-corrected chi connectivity index (χ4v) is 3.27. The first-order valence-corrected chi connectivity index (χ1v) is 7.92. The Balaban J connectivity index is 1.95. The van der Waals surface area contributed by atoms with Gasteiger partial charge >= 0.3 is 0 Å². The van der Waals surface area contributed by atoms with Crippen molar-refractivity contribution in [1.29, 1.82) is 0 Å². The van der Waals surface area contributed by atoms with Crippen LogP contribution in [-0.2, 0) is 0 Å². The second kappa shape index (κ2) is 7.09. The van der Waals surface area contributed by atoms with E-state index in [-0.39, 0.29) is 5.91 Å². The monoisotopic (exact) mass is 295 g/mol. The maximum atomic E-state index is 12.4. The molecule has 0 spiro atoms. The number of carbonyl (C=O) groups is 1. The summed E-state index contributed by atoms with van der Waals surface area (Å²) in [5, 5.41) is 0.622. The lowest BCUT2D eigenvalue weighted by atomic mass is 10.1. The van der Waals surface area contributed by atoms with Gasteiger partial charge in [-0.05, 0) is 31.0 Å². The molecule has 0 radical (unpaired) electrons. The predicted octanol–water partition coefficient (Wildman–Crippen LogP) is 1.87. The minimum absolute atomic E-state index is 0.107. The topological polar surface area (TPSA) is 24.8 Å². The average molecular weight is 296 g/mol. The molecule has 0 unspecified atom stereocenters. The Morgan fingerprint density at radius 2 is 1.95 bits per heavy atom. The highest BCUT2D eigenvalue weighted by Gasteiger charge is 2.27. The molecule has 1 heterocycles. The molecule has 4 heteroatoms. The van der Waals surface area contributed by atoms with E-state index < -0.39 is 0 Å². The quantitative estimate of drug-likeness (QED) is 0.901. The first kappa shape index (κ1) is 15.3. The van der Waals surface area contributed by atoms with Gasteiger partial charge in [0.25, 0.3) is 5.91 Å². The second-order valence-corrected chi connectivity index (χ2v) is 5.91. The van der Waals surface area contributed by atoms with Crippen molar-refractivity contribution in [2.24, 2.45) is 0 Å². The molecule has 0 atom stereocenters. The number of carbonyl (C=O) groups excluding carboxylic acids is 1. The Bertz CT molecular complexity index is 452. The smallest absolute Gasteiger partial charge is 0.254 e. The number of nitrogens with one attached hydrogen (secondary N) is 1. The summed E-state index contributed by atoms with van der Waals surface area (Å²) in [5.74, 6) is 0.107. The lowest BCUT2D eigenvalue weighted by Gasteiger charge is -2.36. The molecular formula is C16H24ClN2O+. The van der Waals surface area contributed by atoms with E-state index in [0.717, 1.165) is 32.2 Å². The van der Waals surface area contributed by atoms with Gasteiger partial charge in [0.2, 0.25) is 0 Å². The molecule has 0 aromatic heterocycles. The molecule has 0 saturated carbocycles. The van der Waals surface area contributed by atoms with Gasteiger partial charge in [0.15, 0.2) is 0 Å². The van der Waals surface area contributed by atoms with Gasteiger partial charge in [0, 0.05) is 10.6 Å². The maximum absolute atomic E-state index is 12.4. The third-order valence-corrected chi connectivity index (χ3v) is 4.56. The van der Waals surface area contributed by atoms with Gasteiger partial charge in [-0.2, -0.15) is 0 Å². The summed E-state index contributed by atoms with van der Waals surface area (Å²) in [6.07, 6.45) is 2.43. The molecular weight excluding hydrogens is 272 g/mol. The summed E-state index contributed by atoms with van der Waals surface area (Å²) in [6, 6.07) is 7.96. The highest BCUT2D eigenvalue weighted by molar-refractivity contribution is 6.30. The van der Waals surface area contributed by atoms with Crippen LogP contribution in [0.4, 0.5) is 0 Å². The second-order valence-electron chi connectivity index (χ2n) is 5.47. The molecule has 1 aliphatic heterocycles. The van der Waals surface area contributed by atoms with Gasteiger partial charge in [-0.25, -0.2) is 0 Å². The molecule has 3 nitrogen and oxygen atoms in total. The maximum Gasteiger partial charge on any atom is 0.254 e. The van der Waals surface area contributed by atoms with E-state index in [1.54, 1.807) is 17.0 Å². The Kier molecular flexibility index (Phi) is 5.44. The fourth-order valence-electron chi connectivity index (χ4n) is 3.08. The number of halogens is 1. The number of hydrogen-bond donors (Lipinski definition) is 1. The number of hydrogen-bond acceptors (Lipinski definition) is 1. The van der Waals surface area contributed by atoms with Crippen LogP contribution < -0.4 is 4.90 Å². The molecule has 0 bridgehead atoms. The molecule has 0 aliphatic carbocycles. The average Bonchev–Trinajstić information content (AvgIpc) is 2.48. The molecule has 2 rings (SSSR count). The standard InChI is InChI=1S/C16H23ClN2O/c1-3-15(4-2)18-8-10-19(11-9-18)16(20)13-6-5-7-14(17)12-13/h5-7,12,15H,3-4,8-11H2,1-2H3/p+1. The predicted molar refractivity (Wildman–Crippen MR) is 82.4 cm³/mol. The lowest BCUT2D eigenvalue weighted by Crippen LogP contribution is -3.18. The van der Waals surface area contributed by atoms with Crippen molar-refractivity contribution in [3.8, 4) is 0 Å². The number of quaternary nitrogens is 1. The van der Waals surface area contributed by atoms with E-state index in [4.69, 9.17) is 11.6 Å². The van der Waals surface area contributed by atoms with Gasteiger partial charge in [-0.15, -0.1) is 0 Å². The zero-order valence-corrected chi connectivity index (χ0v) is 13.1. The summed E-state index contributed by atoms with van der Waals surface area (Å²) < 4.78 is 0. The molecule has 110 valence electrons. The summed E-state index contributed by atoms with van der Waals surface area (Å²) in [4.78, 5) is 16.0. The molecule has 1 saturated heterocycles. The number of nitrogens with zero attached hydrogens (tertiary/aromatic N) is 1. The first-order valence-electron chi connectivity index (χ1n) is 7.55. The van der Waals surface area contributed by atoms with Gasteiger partial charge in [0.1, 0.15) is 0 Å². The van der Waals surface area contributed by atoms with E-state index in [0.29, 0.717) is 10.6 Å². The SMILES string of the molecule is CCC(CC)[NH+]1CCN(C(=O)c2cccc(Cl)c2)CC1. The Labute approximate surface area is 126 Å². The largest absolute Gasteiger partial charge is 0.330 e. The zero-order valence-electron chi connectivity index (χ0n) is 12.4. The van der Waals surface area contributed by atoms with Crippen LogP contribution in [0.2, 0.25) is 5.02 Å².